The number of pyridine rings is 1. The molecule has 7 heteroatoms. The molecular weight excluding hydrogens is 274 g/mol. The number of carbonyl (C=O) groups is 1. The zero-order chi connectivity index (χ0) is 13.9. The van der Waals surface area contributed by atoms with E-state index >= 15 is 0 Å². The number of hydrogen-bond donors (Lipinski definition) is 3. The highest BCUT2D eigenvalue weighted by Crippen LogP contribution is 2.30. The van der Waals surface area contributed by atoms with E-state index in [4.69, 9.17) is 5.84 Å². The molecule has 0 aromatic carbocycles. The number of anilines is 2. The first-order valence-electron chi connectivity index (χ1n) is 6.48. The summed E-state index contributed by atoms with van der Waals surface area (Å²) in [6, 6.07) is 1.65. The molecular formula is C13H15N5OS. The number of aryl methyl sites for hydroxylation is 2. The molecule has 0 aliphatic heterocycles. The minimum atomic E-state index is -0.253. The predicted octanol–water partition coefficient (Wildman–Crippen LogP) is 1.95. The molecule has 20 heavy (non-hydrogen) atoms. The van der Waals surface area contributed by atoms with E-state index in [-0.39, 0.29) is 5.91 Å². The molecule has 3 rings (SSSR count). The van der Waals surface area contributed by atoms with Crippen molar-refractivity contribution in [2.75, 3.05) is 10.7 Å². The van der Waals surface area contributed by atoms with Gasteiger partial charge >= 0.3 is 0 Å². The van der Waals surface area contributed by atoms with E-state index in [1.54, 1.807) is 23.6 Å². The van der Waals surface area contributed by atoms with Crippen LogP contribution in [0.3, 0.4) is 0 Å². The first-order valence-corrected chi connectivity index (χ1v) is 7.30. The van der Waals surface area contributed by atoms with Gasteiger partial charge in [0.1, 0.15) is 0 Å². The molecule has 2 aromatic rings. The zero-order valence-electron chi connectivity index (χ0n) is 10.8. The summed E-state index contributed by atoms with van der Waals surface area (Å²) in [6.07, 6.45) is 7.50. The number of nitrogens with two attached hydrogens (primary N) is 1. The van der Waals surface area contributed by atoms with Crippen molar-refractivity contribution in [2.45, 2.75) is 25.7 Å². The van der Waals surface area contributed by atoms with Crippen LogP contribution in [0, 0.1) is 0 Å². The molecule has 2 heterocycles. The van der Waals surface area contributed by atoms with E-state index < -0.39 is 0 Å². The first-order chi connectivity index (χ1) is 9.78. The zero-order valence-corrected chi connectivity index (χ0v) is 11.7. The average Bonchev–Trinajstić information content (AvgIpc) is 2.89. The number of nitrogen functional groups attached to an aromatic ring is 1. The summed E-state index contributed by atoms with van der Waals surface area (Å²) in [6.45, 7) is 0. The number of carbonyl (C=O) groups excluding carboxylic acids is 1. The van der Waals surface area contributed by atoms with Gasteiger partial charge in [0.15, 0.2) is 5.13 Å². The second-order valence-electron chi connectivity index (χ2n) is 4.62. The lowest BCUT2D eigenvalue weighted by Gasteiger charge is -2.06. The van der Waals surface area contributed by atoms with E-state index in [0.717, 1.165) is 18.5 Å². The number of amides is 1. The van der Waals surface area contributed by atoms with Gasteiger partial charge in [-0.3, -0.25) is 20.9 Å². The van der Waals surface area contributed by atoms with Crippen LogP contribution in [-0.2, 0) is 12.8 Å². The molecule has 0 saturated heterocycles. The first kappa shape index (κ1) is 13.0. The molecule has 0 unspecified atom stereocenters. The van der Waals surface area contributed by atoms with E-state index in [1.807, 2.05) is 0 Å². The van der Waals surface area contributed by atoms with Gasteiger partial charge in [-0.25, -0.2) is 4.98 Å². The summed E-state index contributed by atoms with van der Waals surface area (Å²) in [5, 5.41) is 3.47. The topological polar surface area (TPSA) is 92.9 Å². The number of aromatic nitrogens is 2. The Labute approximate surface area is 120 Å². The van der Waals surface area contributed by atoms with E-state index in [2.05, 4.69) is 20.7 Å². The molecule has 2 aromatic heterocycles. The van der Waals surface area contributed by atoms with E-state index in [9.17, 15) is 4.79 Å². The Hall–Kier alpha value is -1.99. The molecule has 0 bridgehead atoms. The van der Waals surface area contributed by atoms with Crippen molar-refractivity contribution in [1.82, 2.24) is 9.97 Å². The molecule has 6 nitrogen and oxygen atoms in total. The summed E-state index contributed by atoms with van der Waals surface area (Å²) in [5.74, 6) is 5.14. The highest BCUT2D eigenvalue weighted by Gasteiger charge is 2.18. The Kier molecular flexibility index (Phi) is 3.62. The van der Waals surface area contributed by atoms with Crippen molar-refractivity contribution < 1.29 is 4.79 Å². The van der Waals surface area contributed by atoms with Crippen molar-refractivity contribution in [2.24, 2.45) is 5.84 Å². The summed E-state index contributed by atoms with van der Waals surface area (Å²) < 4.78 is 0. The van der Waals surface area contributed by atoms with Crippen LogP contribution >= 0.6 is 11.3 Å². The van der Waals surface area contributed by atoms with Gasteiger partial charge in [0.25, 0.3) is 5.91 Å². The van der Waals surface area contributed by atoms with Crippen molar-refractivity contribution in [3.8, 4) is 0 Å². The van der Waals surface area contributed by atoms with Crippen molar-refractivity contribution in [1.29, 1.82) is 0 Å². The van der Waals surface area contributed by atoms with Crippen LogP contribution < -0.4 is 16.6 Å². The highest BCUT2D eigenvalue weighted by molar-refractivity contribution is 7.15. The van der Waals surface area contributed by atoms with Gasteiger partial charge < -0.3 is 5.43 Å². The number of thiazole rings is 1. The Morgan fingerprint density at radius 1 is 1.35 bits per heavy atom. The molecule has 0 saturated carbocycles. The second kappa shape index (κ2) is 5.56. The lowest BCUT2D eigenvalue weighted by molar-refractivity contribution is 0.102. The van der Waals surface area contributed by atoms with Crippen LogP contribution in [0.5, 0.6) is 0 Å². The Balaban J connectivity index is 1.80. The van der Waals surface area contributed by atoms with Gasteiger partial charge in [-0.15, -0.1) is 11.3 Å². The lowest BCUT2D eigenvalue weighted by Crippen LogP contribution is -2.17. The predicted molar refractivity (Wildman–Crippen MR) is 78.8 cm³/mol. The molecule has 0 spiro atoms. The third-order valence-corrected chi connectivity index (χ3v) is 4.36. The third-order valence-electron chi connectivity index (χ3n) is 3.29. The third kappa shape index (κ3) is 2.50. The molecule has 4 N–H and O–H groups in total. The normalized spacial score (nSPS) is 13.7. The van der Waals surface area contributed by atoms with Crippen LogP contribution in [-0.4, -0.2) is 15.9 Å². The van der Waals surface area contributed by atoms with Gasteiger partial charge in [-0.1, -0.05) is 0 Å². The minimum absolute atomic E-state index is 0.253. The fraction of sp³-hybridized carbons (Fsp3) is 0.308. The van der Waals surface area contributed by atoms with Gasteiger partial charge in [0.05, 0.1) is 16.9 Å². The summed E-state index contributed by atoms with van der Waals surface area (Å²) >= 11 is 1.56. The number of fused-ring (bicyclic) bond motifs is 1. The second-order valence-corrected chi connectivity index (χ2v) is 5.70. The standard InChI is InChI=1S/C13H15N5OS/c14-18-9-5-6-15-7-8(9)12(19)17-13-16-10-3-1-2-4-11(10)20-13/h5-7H,1-4,14H2,(H,15,18)(H,16,17,19). The average molecular weight is 289 g/mol. The number of rotatable bonds is 3. The summed E-state index contributed by atoms with van der Waals surface area (Å²) in [7, 11) is 0. The number of hydrazine groups is 1. The molecule has 1 amide bonds. The van der Waals surface area contributed by atoms with Crippen molar-refractivity contribution >= 4 is 28.1 Å². The number of nitrogens with one attached hydrogen (secondary N) is 2. The molecule has 1 aliphatic rings. The fourth-order valence-electron chi connectivity index (χ4n) is 2.27. The maximum absolute atomic E-state index is 12.2. The van der Waals surface area contributed by atoms with Crippen molar-refractivity contribution in [3.05, 3.63) is 34.6 Å². The monoisotopic (exact) mass is 289 g/mol. The number of nitrogens with zero attached hydrogens (tertiary/aromatic N) is 2. The molecule has 104 valence electrons. The molecule has 0 fully saturated rings. The van der Waals surface area contributed by atoms with Crippen LogP contribution in [0.25, 0.3) is 0 Å². The molecule has 0 atom stereocenters. The smallest absolute Gasteiger partial charge is 0.261 e. The van der Waals surface area contributed by atoms with Crippen LogP contribution in [0.15, 0.2) is 18.5 Å². The highest BCUT2D eigenvalue weighted by atomic mass is 32.1. The number of hydrogen-bond acceptors (Lipinski definition) is 6. The lowest BCUT2D eigenvalue weighted by atomic mass is 10.0. The Bertz CT molecular complexity index is 616. The van der Waals surface area contributed by atoms with Gasteiger partial charge in [0, 0.05) is 17.3 Å². The Morgan fingerprint density at radius 3 is 3.00 bits per heavy atom. The SMILES string of the molecule is NNc1ccncc1C(=O)Nc1nc2c(s1)CCCC2. The van der Waals surface area contributed by atoms with Crippen LogP contribution in [0.4, 0.5) is 10.8 Å². The van der Waals surface area contributed by atoms with E-state index in [1.165, 1.54) is 23.9 Å². The Morgan fingerprint density at radius 2 is 2.20 bits per heavy atom. The fourth-order valence-corrected chi connectivity index (χ4v) is 3.32. The minimum Gasteiger partial charge on any atom is -0.323 e. The summed E-state index contributed by atoms with van der Waals surface area (Å²) in [4.78, 5) is 21.9. The van der Waals surface area contributed by atoms with E-state index in [0.29, 0.717) is 16.4 Å². The van der Waals surface area contributed by atoms with Gasteiger partial charge in [-0.05, 0) is 31.7 Å². The van der Waals surface area contributed by atoms with Crippen LogP contribution in [0.1, 0.15) is 33.8 Å². The maximum atomic E-state index is 12.2. The molecule has 0 radical (unpaired) electrons. The van der Waals surface area contributed by atoms with Gasteiger partial charge in [0.2, 0.25) is 0 Å². The van der Waals surface area contributed by atoms with Crippen LogP contribution in [0.2, 0.25) is 0 Å². The summed E-state index contributed by atoms with van der Waals surface area (Å²) in [5.41, 5.74) is 4.56. The maximum Gasteiger partial charge on any atom is 0.261 e. The molecule has 1 aliphatic carbocycles. The largest absolute Gasteiger partial charge is 0.323 e. The van der Waals surface area contributed by atoms with Crippen molar-refractivity contribution in [3.63, 3.8) is 0 Å². The quantitative estimate of drug-likeness (QED) is 0.593. The van der Waals surface area contributed by atoms with Gasteiger partial charge in [-0.2, -0.15) is 0 Å².